The molecule has 2 aromatic carbocycles. The number of hydrogen-bond acceptors (Lipinski definition) is 4. The molecule has 0 radical (unpaired) electrons. The Morgan fingerprint density at radius 1 is 1.22 bits per heavy atom. The number of hydrogen-bond donors (Lipinski definition) is 1. The van der Waals surface area contributed by atoms with Gasteiger partial charge in [-0.2, -0.15) is 0 Å². The first-order valence-corrected chi connectivity index (χ1v) is 9.69. The molecule has 0 amide bonds. The molecule has 0 aromatic heterocycles. The maximum absolute atomic E-state index is 13.9. The molecule has 0 aliphatic carbocycles. The Bertz CT molecular complexity index is 730. The van der Waals surface area contributed by atoms with Gasteiger partial charge in [0, 0.05) is 25.3 Å². The second-order valence-corrected chi connectivity index (χ2v) is 6.88. The maximum Gasteiger partial charge on any atom is 0.161 e. The highest BCUT2D eigenvalue weighted by molar-refractivity contribution is 6.31. The van der Waals surface area contributed by atoms with Gasteiger partial charge in [-0.05, 0) is 49.6 Å². The van der Waals surface area contributed by atoms with Gasteiger partial charge < -0.3 is 19.5 Å². The molecule has 1 heterocycles. The zero-order chi connectivity index (χ0) is 19.1. The average molecular weight is 394 g/mol. The number of benzene rings is 2. The third kappa shape index (κ3) is 5.58. The zero-order valence-corrected chi connectivity index (χ0v) is 16.2. The molecule has 0 spiro atoms. The second kappa shape index (κ2) is 9.93. The summed E-state index contributed by atoms with van der Waals surface area (Å²) in [6.07, 6.45) is 2.56. The molecular weight excluding hydrogens is 369 g/mol. The van der Waals surface area contributed by atoms with Crippen LogP contribution in [0.3, 0.4) is 0 Å². The third-order valence-corrected chi connectivity index (χ3v) is 4.82. The summed E-state index contributed by atoms with van der Waals surface area (Å²) in [5.41, 5.74) is 1.43. The van der Waals surface area contributed by atoms with Crippen molar-refractivity contribution in [2.75, 3.05) is 19.8 Å². The fourth-order valence-electron chi connectivity index (χ4n) is 3.05. The highest BCUT2D eigenvalue weighted by atomic mass is 35.5. The molecule has 0 saturated carbocycles. The molecule has 0 bridgehead atoms. The van der Waals surface area contributed by atoms with Gasteiger partial charge >= 0.3 is 0 Å². The lowest BCUT2D eigenvalue weighted by Gasteiger charge is -2.15. The number of ether oxygens (including phenoxy) is 3. The first kappa shape index (κ1) is 19.9. The minimum atomic E-state index is -0.379. The quantitative estimate of drug-likeness (QED) is 0.668. The van der Waals surface area contributed by atoms with Gasteiger partial charge in [0.15, 0.2) is 11.5 Å². The van der Waals surface area contributed by atoms with Crippen LogP contribution in [-0.2, 0) is 17.9 Å². The summed E-state index contributed by atoms with van der Waals surface area (Å²) in [5, 5.41) is 3.77. The molecule has 1 fully saturated rings. The van der Waals surface area contributed by atoms with Gasteiger partial charge in [0.2, 0.25) is 0 Å². The van der Waals surface area contributed by atoms with E-state index in [0.717, 1.165) is 38.1 Å². The summed E-state index contributed by atoms with van der Waals surface area (Å²) in [7, 11) is 0. The van der Waals surface area contributed by atoms with E-state index >= 15 is 0 Å². The third-order valence-electron chi connectivity index (χ3n) is 4.47. The van der Waals surface area contributed by atoms with E-state index < -0.39 is 0 Å². The van der Waals surface area contributed by atoms with Gasteiger partial charge in [0.1, 0.15) is 12.4 Å². The predicted octanol–water partition coefficient (Wildman–Crippen LogP) is 4.73. The molecule has 1 N–H and O–H groups in total. The fraction of sp³-hybridized carbons (Fsp3) is 0.429. The van der Waals surface area contributed by atoms with Gasteiger partial charge in [-0.1, -0.05) is 23.7 Å². The van der Waals surface area contributed by atoms with Crippen molar-refractivity contribution >= 4 is 11.6 Å². The molecule has 3 rings (SSSR count). The van der Waals surface area contributed by atoms with Gasteiger partial charge in [0.25, 0.3) is 0 Å². The number of nitrogens with one attached hydrogen (secondary N) is 1. The van der Waals surface area contributed by atoms with Crippen molar-refractivity contribution in [2.24, 2.45) is 0 Å². The lowest BCUT2D eigenvalue weighted by Crippen LogP contribution is -2.25. The summed E-state index contributed by atoms with van der Waals surface area (Å²) in [6.45, 7) is 4.90. The van der Waals surface area contributed by atoms with E-state index in [1.807, 2.05) is 25.1 Å². The van der Waals surface area contributed by atoms with Gasteiger partial charge in [-0.3, -0.25) is 0 Å². The molecule has 4 nitrogen and oxygen atoms in total. The van der Waals surface area contributed by atoms with E-state index in [-0.39, 0.29) is 12.4 Å². The standard InChI is InChI=1S/C21H25ClFNO3/c1-2-25-21-11-15(12-24-13-16-5-4-10-26-16)8-9-20(21)27-14-17-18(22)6-3-7-19(17)23/h3,6-9,11,16,24H,2,4-5,10,12-14H2,1H3. The Morgan fingerprint density at radius 3 is 2.85 bits per heavy atom. The molecule has 1 saturated heterocycles. The minimum Gasteiger partial charge on any atom is -0.490 e. The Balaban J connectivity index is 1.62. The van der Waals surface area contributed by atoms with Crippen LogP contribution in [0.2, 0.25) is 5.02 Å². The molecule has 146 valence electrons. The Labute approximate surface area is 164 Å². The zero-order valence-electron chi connectivity index (χ0n) is 15.5. The van der Waals surface area contributed by atoms with Crippen molar-refractivity contribution in [1.82, 2.24) is 5.32 Å². The van der Waals surface area contributed by atoms with Crippen LogP contribution in [0.1, 0.15) is 30.9 Å². The van der Waals surface area contributed by atoms with E-state index in [9.17, 15) is 4.39 Å². The Morgan fingerprint density at radius 2 is 2.11 bits per heavy atom. The molecule has 6 heteroatoms. The summed E-state index contributed by atoms with van der Waals surface area (Å²) >= 11 is 6.06. The average Bonchev–Trinajstić information content (AvgIpc) is 3.16. The van der Waals surface area contributed by atoms with Crippen molar-refractivity contribution in [2.45, 2.75) is 39.0 Å². The van der Waals surface area contributed by atoms with Crippen molar-refractivity contribution in [3.8, 4) is 11.5 Å². The lowest BCUT2D eigenvalue weighted by atomic mass is 10.2. The van der Waals surface area contributed by atoms with E-state index in [1.165, 1.54) is 6.07 Å². The summed E-state index contributed by atoms with van der Waals surface area (Å²) in [4.78, 5) is 0. The van der Waals surface area contributed by atoms with Crippen LogP contribution in [0.5, 0.6) is 11.5 Å². The summed E-state index contributed by atoms with van der Waals surface area (Å²) in [5.74, 6) is 0.829. The lowest BCUT2D eigenvalue weighted by molar-refractivity contribution is 0.110. The molecule has 2 aromatic rings. The van der Waals surface area contributed by atoms with E-state index in [1.54, 1.807) is 12.1 Å². The monoisotopic (exact) mass is 393 g/mol. The van der Waals surface area contributed by atoms with Crippen molar-refractivity contribution in [3.05, 3.63) is 58.4 Å². The molecule has 1 aliphatic rings. The normalized spacial score (nSPS) is 16.5. The topological polar surface area (TPSA) is 39.7 Å². The van der Waals surface area contributed by atoms with Crippen molar-refractivity contribution in [3.63, 3.8) is 0 Å². The smallest absolute Gasteiger partial charge is 0.161 e. The van der Waals surface area contributed by atoms with E-state index in [0.29, 0.717) is 34.8 Å². The van der Waals surface area contributed by atoms with E-state index in [2.05, 4.69) is 5.32 Å². The van der Waals surface area contributed by atoms with Crippen LogP contribution in [0.15, 0.2) is 36.4 Å². The second-order valence-electron chi connectivity index (χ2n) is 6.47. The van der Waals surface area contributed by atoms with Gasteiger partial charge in [-0.15, -0.1) is 0 Å². The number of rotatable bonds is 9. The number of halogens is 2. The molecular formula is C21H25ClFNO3. The van der Waals surface area contributed by atoms with Gasteiger partial charge in [0.05, 0.1) is 17.7 Å². The summed E-state index contributed by atoms with van der Waals surface area (Å²) < 4.78 is 31.0. The van der Waals surface area contributed by atoms with Crippen molar-refractivity contribution in [1.29, 1.82) is 0 Å². The first-order valence-electron chi connectivity index (χ1n) is 9.31. The molecule has 27 heavy (non-hydrogen) atoms. The van der Waals surface area contributed by atoms with Gasteiger partial charge in [-0.25, -0.2) is 4.39 Å². The maximum atomic E-state index is 13.9. The van der Waals surface area contributed by atoms with Crippen LogP contribution in [0.25, 0.3) is 0 Å². The van der Waals surface area contributed by atoms with Crippen LogP contribution >= 0.6 is 11.6 Å². The SMILES string of the molecule is CCOc1cc(CNCC2CCCO2)ccc1OCc1c(F)cccc1Cl. The molecule has 1 aliphatic heterocycles. The summed E-state index contributed by atoms with van der Waals surface area (Å²) in [6, 6.07) is 10.4. The minimum absolute atomic E-state index is 0.0438. The highest BCUT2D eigenvalue weighted by Crippen LogP contribution is 2.30. The van der Waals surface area contributed by atoms with Crippen LogP contribution < -0.4 is 14.8 Å². The Hall–Kier alpha value is -1.82. The predicted molar refractivity (Wildman–Crippen MR) is 104 cm³/mol. The largest absolute Gasteiger partial charge is 0.490 e. The molecule has 1 atom stereocenters. The molecule has 1 unspecified atom stereocenters. The highest BCUT2D eigenvalue weighted by Gasteiger charge is 2.15. The fourth-order valence-corrected chi connectivity index (χ4v) is 3.27. The Kier molecular flexibility index (Phi) is 7.33. The van der Waals surface area contributed by atoms with Crippen LogP contribution in [-0.4, -0.2) is 25.9 Å². The van der Waals surface area contributed by atoms with Crippen molar-refractivity contribution < 1.29 is 18.6 Å². The van der Waals surface area contributed by atoms with Crippen LogP contribution in [0, 0.1) is 5.82 Å². The van der Waals surface area contributed by atoms with E-state index in [4.69, 9.17) is 25.8 Å². The van der Waals surface area contributed by atoms with Crippen LogP contribution in [0.4, 0.5) is 4.39 Å². The first-order chi connectivity index (χ1) is 13.2.